The summed E-state index contributed by atoms with van der Waals surface area (Å²) in [4.78, 5) is 10.5. The topological polar surface area (TPSA) is 49.3 Å². The standard InChI is InChI=1S/C8H13BrINO2/c9-5-6-1-3-8(10,4-2-6)11-7(12)13/h6,11H,1-5H2,(H,12,13). The van der Waals surface area contributed by atoms with Crippen LogP contribution in [0.2, 0.25) is 0 Å². The van der Waals surface area contributed by atoms with E-state index in [1.165, 1.54) is 0 Å². The first-order chi connectivity index (χ1) is 6.06. The number of halogens is 2. The second kappa shape index (κ2) is 4.82. The van der Waals surface area contributed by atoms with E-state index in [-0.39, 0.29) is 3.55 Å². The van der Waals surface area contributed by atoms with E-state index < -0.39 is 6.09 Å². The Balaban J connectivity index is 2.41. The fourth-order valence-electron chi connectivity index (χ4n) is 1.61. The molecule has 1 saturated carbocycles. The Morgan fingerprint density at radius 2 is 2.15 bits per heavy atom. The summed E-state index contributed by atoms with van der Waals surface area (Å²) in [5.41, 5.74) is 0. The molecule has 1 amide bonds. The summed E-state index contributed by atoms with van der Waals surface area (Å²) >= 11 is 5.68. The van der Waals surface area contributed by atoms with Gasteiger partial charge >= 0.3 is 6.09 Å². The summed E-state index contributed by atoms with van der Waals surface area (Å²) in [6.45, 7) is 0. The molecule has 0 aromatic rings. The van der Waals surface area contributed by atoms with Gasteiger partial charge in [0.05, 0.1) is 3.55 Å². The van der Waals surface area contributed by atoms with E-state index in [1.54, 1.807) is 0 Å². The van der Waals surface area contributed by atoms with Crippen molar-refractivity contribution in [2.75, 3.05) is 5.33 Å². The average molecular weight is 362 g/mol. The van der Waals surface area contributed by atoms with Gasteiger partial charge in [-0.25, -0.2) is 4.79 Å². The van der Waals surface area contributed by atoms with Crippen LogP contribution in [-0.4, -0.2) is 20.1 Å². The van der Waals surface area contributed by atoms with E-state index in [4.69, 9.17) is 5.11 Å². The third-order valence-corrected chi connectivity index (χ3v) is 4.71. The van der Waals surface area contributed by atoms with Gasteiger partial charge in [0.1, 0.15) is 0 Å². The molecule has 2 N–H and O–H groups in total. The van der Waals surface area contributed by atoms with Crippen LogP contribution in [0.3, 0.4) is 0 Å². The summed E-state index contributed by atoms with van der Waals surface area (Å²) in [5.74, 6) is 0.721. The van der Waals surface area contributed by atoms with E-state index in [9.17, 15) is 4.79 Å². The zero-order chi connectivity index (χ0) is 9.90. The molecule has 1 fully saturated rings. The SMILES string of the molecule is O=C(O)NC1(I)CCC(CBr)CC1. The summed E-state index contributed by atoms with van der Waals surface area (Å²) in [6, 6.07) is 0. The Kier molecular flexibility index (Phi) is 4.28. The summed E-state index contributed by atoms with van der Waals surface area (Å²) in [7, 11) is 0. The van der Waals surface area contributed by atoms with Crippen LogP contribution in [0.1, 0.15) is 25.7 Å². The molecule has 0 radical (unpaired) electrons. The Hall–Kier alpha value is 0.480. The highest BCUT2D eigenvalue weighted by Crippen LogP contribution is 2.37. The van der Waals surface area contributed by atoms with E-state index in [0.717, 1.165) is 36.9 Å². The van der Waals surface area contributed by atoms with Crippen molar-refractivity contribution in [3.8, 4) is 0 Å². The van der Waals surface area contributed by atoms with Gasteiger partial charge in [0.15, 0.2) is 0 Å². The fourth-order valence-corrected chi connectivity index (χ4v) is 3.11. The molecular formula is C8H13BrINO2. The smallest absolute Gasteiger partial charge is 0.405 e. The van der Waals surface area contributed by atoms with Crippen molar-refractivity contribution in [2.24, 2.45) is 5.92 Å². The molecule has 76 valence electrons. The maximum Gasteiger partial charge on any atom is 0.405 e. The number of hydrogen-bond acceptors (Lipinski definition) is 1. The van der Waals surface area contributed by atoms with Crippen LogP contribution >= 0.6 is 38.5 Å². The third-order valence-electron chi connectivity index (χ3n) is 2.45. The molecule has 1 aliphatic rings. The predicted molar refractivity (Wildman–Crippen MR) is 63.7 cm³/mol. The first-order valence-corrected chi connectivity index (χ1v) is 6.52. The number of amides is 1. The van der Waals surface area contributed by atoms with E-state index in [1.807, 2.05) is 0 Å². The molecule has 0 bridgehead atoms. The normalized spacial score (nSPS) is 34.2. The number of carboxylic acid groups (broad SMARTS) is 1. The molecule has 0 heterocycles. The molecule has 0 aliphatic heterocycles. The third kappa shape index (κ3) is 3.61. The van der Waals surface area contributed by atoms with Crippen LogP contribution < -0.4 is 5.32 Å². The van der Waals surface area contributed by atoms with Gasteiger partial charge in [-0.1, -0.05) is 38.5 Å². The molecule has 0 spiro atoms. The maximum atomic E-state index is 10.5. The number of nitrogens with one attached hydrogen (secondary N) is 1. The lowest BCUT2D eigenvalue weighted by molar-refractivity contribution is 0.181. The monoisotopic (exact) mass is 361 g/mol. The second-order valence-corrected chi connectivity index (χ2v) is 6.21. The van der Waals surface area contributed by atoms with Crippen molar-refractivity contribution in [3.63, 3.8) is 0 Å². The van der Waals surface area contributed by atoms with Gasteiger partial charge in [-0.3, -0.25) is 0 Å². The Labute approximate surface area is 99.9 Å². The maximum absolute atomic E-state index is 10.5. The molecule has 5 heteroatoms. The van der Waals surface area contributed by atoms with Gasteiger partial charge in [0.25, 0.3) is 0 Å². The van der Waals surface area contributed by atoms with Gasteiger partial charge in [-0.15, -0.1) is 0 Å². The highest BCUT2D eigenvalue weighted by molar-refractivity contribution is 14.1. The Morgan fingerprint density at radius 1 is 1.62 bits per heavy atom. The molecular weight excluding hydrogens is 349 g/mol. The fraction of sp³-hybridized carbons (Fsp3) is 0.875. The molecule has 0 unspecified atom stereocenters. The zero-order valence-corrected chi connectivity index (χ0v) is 11.0. The van der Waals surface area contributed by atoms with Crippen molar-refractivity contribution in [3.05, 3.63) is 0 Å². The van der Waals surface area contributed by atoms with Gasteiger partial charge in [0.2, 0.25) is 0 Å². The minimum atomic E-state index is -0.910. The average Bonchev–Trinajstić information content (AvgIpc) is 2.04. The highest BCUT2D eigenvalue weighted by atomic mass is 127. The molecule has 0 aromatic carbocycles. The first-order valence-electron chi connectivity index (χ1n) is 4.32. The molecule has 13 heavy (non-hydrogen) atoms. The van der Waals surface area contributed by atoms with Crippen molar-refractivity contribution in [1.82, 2.24) is 5.32 Å². The molecule has 3 nitrogen and oxygen atoms in total. The van der Waals surface area contributed by atoms with E-state index >= 15 is 0 Å². The number of carbonyl (C=O) groups is 1. The summed E-state index contributed by atoms with van der Waals surface area (Å²) < 4.78 is -0.220. The molecule has 0 aromatic heterocycles. The predicted octanol–water partition coefficient (Wildman–Crippen LogP) is 2.97. The van der Waals surface area contributed by atoms with Crippen LogP contribution in [0, 0.1) is 5.92 Å². The van der Waals surface area contributed by atoms with Crippen molar-refractivity contribution >= 4 is 44.6 Å². The van der Waals surface area contributed by atoms with Crippen molar-refractivity contribution in [1.29, 1.82) is 0 Å². The molecule has 1 rings (SSSR count). The van der Waals surface area contributed by atoms with Crippen LogP contribution in [0.25, 0.3) is 0 Å². The van der Waals surface area contributed by atoms with Gasteiger partial charge in [0, 0.05) is 5.33 Å². The minimum absolute atomic E-state index is 0.220. The van der Waals surface area contributed by atoms with Crippen LogP contribution in [-0.2, 0) is 0 Å². The number of rotatable bonds is 2. The second-order valence-electron chi connectivity index (χ2n) is 3.49. The Morgan fingerprint density at radius 3 is 2.54 bits per heavy atom. The van der Waals surface area contributed by atoms with Crippen LogP contribution in [0.15, 0.2) is 0 Å². The highest BCUT2D eigenvalue weighted by Gasteiger charge is 2.33. The van der Waals surface area contributed by atoms with E-state index in [2.05, 4.69) is 43.8 Å². The molecule has 1 aliphatic carbocycles. The van der Waals surface area contributed by atoms with E-state index in [0.29, 0.717) is 0 Å². The lowest BCUT2D eigenvalue weighted by atomic mass is 9.87. The zero-order valence-electron chi connectivity index (χ0n) is 7.22. The van der Waals surface area contributed by atoms with Crippen molar-refractivity contribution < 1.29 is 9.90 Å². The lowest BCUT2D eigenvalue weighted by Crippen LogP contribution is -2.45. The molecule has 0 atom stereocenters. The largest absolute Gasteiger partial charge is 0.465 e. The van der Waals surface area contributed by atoms with Gasteiger partial charge in [-0.2, -0.15) is 0 Å². The summed E-state index contributed by atoms with van der Waals surface area (Å²) in [6.07, 6.45) is 3.18. The van der Waals surface area contributed by atoms with Gasteiger partial charge < -0.3 is 10.4 Å². The van der Waals surface area contributed by atoms with Gasteiger partial charge in [-0.05, 0) is 31.6 Å². The Bertz CT molecular complexity index is 193. The number of alkyl halides is 2. The first kappa shape index (κ1) is 11.6. The lowest BCUT2D eigenvalue weighted by Gasteiger charge is -2.34. The quantitative estimate of drug-likeness (QED) is 0.451. The summed E-state index contributed by atoms with van der Waals surface area (Å²) in [5, 5.41) is 12.3. The van der Waals surface area contributed by atoms with Crippen molar-refractivity contribution in [2.45, 2.75) is 29.2 Å². The van der Waals surface area contributed by atoms with Crippen LogP contribution in [0.4, 0.5) is 4.79 Å². The minimum Gasteiger partial charge on any atom is -0.465 e. The van der Waals surface area contributed by atoms with Crippen LogP contribution in [0.5, 0.6) is 0 Å². The number of hydrogen-bond donors (Lipinski definition) is 2. The molecule has 0 saturated heterocycles.